The van der Waals surface area contributed by atoms with Crippen molar-refractivity contribution in [2.24, 2.45) is 10.9 Å². The van der Waals surface area contributed by atoms with Crippen LogP contribution in [0.3, 0.4) is 0 Å². The zero-order chi connectivity index (χ0) is 41.4. The van der Waals surface area contributed by atoms with Crippen molar-refractivity contribution in [2.75, 3.05) is 11.5 Å². The first-order chi connectivity index (χ1) is 28.6. The molecule has 8 nitrogen and oxygen atoms in total. The highest BCUT2D eigenvalue weighted by Gasteiger charge is 2.42. The van der Waals surface area contributed by atoms with Crippen LogP contribution in [-0.4, -0.2) is 56.9 Å². The van der Waals surface area contributed by atoms with Crippen molar-refractivity contribution in [1.82, 2.24) is 20.9 Å². The smallest absolute Gasteiger partial charge is 0.249 e. The average Bonchev–Trinajstić information content (AvgIpc) is 3.88. The van der Waals surface area contributed by atoms with Gasteiger partial charge >= 0.3 is 0 Å². The number of benzene rings is 4. The molecule has 1 aromatic heterocycles. The standard InChI is InChI=1S/C48H51N5O3S3/c1-5-33-24-26-34(27-25-33)43-42-45-53-47(4,31-57-45)46(56)52-41(32(2)3)44(55)50-38(29-39(54)49-30-40(51-42)59-43)23-15-16-28-58-48(35-17-9-6-10-18-35,36-19-11-7-12-20-36)37-21-13-8-14-22-37/h6-15,17-27,32,38,41H,5,16,28-31H2,1-4H3,(H,49,54)(H,50,55)(H,52,56)/b23-15+/t38?,41-,47-/m0/s1. The number of hydrogen-bond donors (Lipinski definition) is 3. The second kappa shape index (κ2) is 19.0. The summed E-state index contributed by atoms with van der Waals surface area (Å²) in [5.74, 6) is 0.102. The predicted octanol–water partition coefficient (Wildman–Crippen LogP) is 8.94. The lowest BCUT2D eigenvalue weighted by Gasteiger charge is -2.35. The minimum atomic E-state index is -1.09. The number of allylic oxidation sites excluding steroid dienone is 1. The third-order valence-electron chi connectivity index (χ3n) is 10.7. The zero-order valence-electron chi connectivity index (χ0n) is 33.9. The molecule has 0 fully saturated rings. The molecule has 3 amide bonds. The van der Waals surface area contributed by atoms with E-state index < -0.39 is 22.4 Å². The van der Waals surface area contributed by atoms with Gasteiger partial charge in [0.25, 0.3) is 0 Å². The molecule has 59 heavy (non-hydrogen) atoms. The number of fused-ring (bicyclic) bond motifs is 4. The molecule has 4 bridgehead atoms. The van der Waals surface area contributed by atoms with E-state index in [0.29, 0.717) is 22.9 Å². The van der Waals surface area contributed by atoms with Gasteiger partial charge in [-0.2, -0.15) is 0 Å². The molecule has 3 heterocycles. The Hall–Kier alpha value is -4.97. The Kier molecular flexibility index (Phi) is 13.5. The van der Waals surface area contributed by atoms with E-state index in [1.165, 1.54) is 45.4 Å². The van der Waals surface area contributed by atoms with Gasteiger partial charge in [0.15, 0.2) is 0 Å². The number of nitrogens with one attached hydrogen (secondary N) is 3. The third-order valence-corrected chi connectivity index (χ3v) is 14.7. The Morgan fingerprint density at radius 2 is 1.47 bits per heavy atom. The van der Waals surface area contributed by atoms with Gasteiger partial charge < -0.3 is 16.0 Å². The van der Waals surface area contributed by atoms with Gasteiger partial charge in [0.1, 0.15) is 27.3 Å². The first-order valence-electron chi connectivity index (χ1n) is 20.3. The summed E-state index contributed by atoms with van der Waals surface area (Å²) in [5, 5.41) is 10.6. The summed E-state index contributed by atoms with van der Waals surface area (Å²) in [7, 11) is 0. The van der Waals surface area contributed by atoms with E-state index in [0.717, 1.165) is 27.6 Å². The molecule has 0 radical (unpaired) electrons. The van der Waals surface area contributed by atoms with Crippen molar-refractivity contribution in [2.45, 2.75) is 75.9 Å². The molecule has 5 aromatic rings. The number of nitrogens with zero attached hydrogens (tertiary/aromatic N) is 2. The number of aryl methyl sites for hydroxylation is 1. The van der Waals surface area contributed by atoms with E-state index in [1.807, 2.05) is 56.8 Å². The van der Waals surface area contributed by atoms with Crippen molar-refractivity contribution in [1.29, 1.82) is 0 Å². The summed E-state index contributed by atoms with van der Waals surface area (Å²) in [4.78, 5) is 52.5. The molecule has 0 saturated heterocycles. The van der Waals surface area contributed by atoms with Crippen molar-refractivity contribution >= 4 is 57.6 Å². The summed E-state index contributed by atoms with van der Waals surface area (Å²) in [6.07, 6.45) is 5.62. The molecule has 3 N–H and O–H groups in total. The molecular weight excluding hydrogens is 791 g/mol. The molecule has 304 valence electrons. The average molecular weight is 842 g/mol. The van der Waals surface area contributed by atoms with Crippen LogP contribution in [0.1, 0.15) is 73.5 Å². The lowest BCUT2D eigenvalue weighted by molar-refractivity contribution is -0.132. The van der Waals surface area contributed by atoms with Crippen LogP contribution < -0.4 is 16.0 Å². The Morgan fingerprint density at radius 1 is 0.864 bits per heavy atom. The van der Waals surface area contributed by atoms with Crippen LogP contribution in [0.5, 0.6) is 0 Å². The highest BCUT2D eigenvalue weighted by atomic mass is 32.2. The fraction of sp³-hybridized carbons (Fsp3) is 0.312. The second-order valence-electron chi connectivity index (χ2n) is 15.5. The predicted molar refractivity (Wildman–Crippen MR) is 245 cm³/mol. The summed E-state index contributed by atoms with van der Waals surface area (Å²) in [6.45, 7) is 7.99. The fourth-order valence-corrected chi connectivity index (χ4v) is 11.1. The normalized spacial score (nSPS) is 20.3. The molecule has 0 spiro atoms. The van der Waals surface area contributed by atoms with E-state index in [4.69, 9.17) is 9.98 Å². The first-order valence-corrected chi connectivity index (χ1v) is 23.1. The van der Waals surface area contributed by atoms with Gasteiger partial charge in [-0.3, -0.25) is 19.4 Å². The van der Waals surface area contributed by atoms with Crippen molar-refractivity contribution in [3.63, 3.8) is 0 Å². The Balaban J connectivity index is 1.15. The van der Waals surface area contributed by atoms with Crippen LogP contribution in [0.25, 0.3) is 10.4 Å². The number of carbonyl (C=O) groups excluding carboxylic acids is 3. The van der Waals surface area contributed by atoms with Gasteiger partial charge in [0.2, 0.25) is 17.7 Å². The van der Waals surface area contributed by atoms with Crippen LogP contribution in [0.15, 0.2) is 132 Å². The largest absolute Gasteiger partial charge is 0.350 e. The number of aliphatic imine (C=N–C) groups is 1. The molecule has 3 atom stereocenters. The molecule has 7 rings (SSSR count). The van der Waals surface area contributed by atoms with E-state index in [9.17, 15) is 14.4 Å². The maximum Gasteiger partial charge on any atom is 0.249 e. The quantitative estimate of drug-likeness (QED) is 0.0696. The molecule has 4 aromatic carbocycles. The molecule has 2 aliphatic heterocycles. The molecule has 0 aliphatic carbocycles. The van der Waals surface area contributed by atoms with Gasteiger partial charge in [-0.05, 0) is 59.3 Å². The highest BCUT2D eigenvalue weighted by molar-refractivity contribution is 8.14. The maximum atomic E-state index is 14.0. The number of rotatable bonds is 11. The van der Waals surface area contributed by atoms with Crippen LogP contribution in [-0.2, 0) is 32.1 Å². The maximum absolute atomic E-state index is 14.0. The van der Waals surface area contributed by atoms with E-state index in [1.54, 1.807) is 0 Å². The number of amides is 3. The van der Waals surface area contributed by atoms with Crippen molar-refractivity contribution in [3.8, 4) is 10.4 Å². The number of carbonyl (C=O) groups is 3. The Labute approximate surface area is 360 Å². The lowest BCUT2D eigenvalue weighted by Crippen LogP contribution is -2.56. The van der Waals surface area contributed by atoms with Crippen molar-refractivity contribution < 1.29 is 14.4 Å². The molecule has 1 unspecified atom stereocenters. The number of aromatic nitrogens is 1. The van der Waals surface area contributed by atoms with E-state index in [2.05, 4.69) is 126 Å². The Bertz CT molecular complexity index is 2200. The fourth-order valence-electron chi connectivity index (χ4n) is 7.43. The SMILES string of the molecule is CCc1ccc(-c2sc3nc2C2=N[C@@](C)(CS2)C(=O)N[C@@H](C(C)C)C(=O)NC(/C=C/CCSC(c2ccccc2)(c2ccccc2)c2ccccc2)CC(=O)NC3)cc1. The minimum Gasteiger partial charge on any atom is -0.350 e. The summed E-state index contributed by atoms with van der Waals surface area (Å²) < 4.78 is -0.454. The number of thioether (sulfide) groups is 2. The van der Waals surface area contributed by atoms with Crippen LogP contribution in [0.4, 0.5) is 0 Å². The van der Waals surface area contributed by atoms with Gasteiger partial charge in [0, 0.05) is 5.75 Å². The van der Waals surface area contributed by atoms with Crippen LogP contribution in [0, 0.1) is 5.92 Å². The summed E-state index contributed by atoms with van der Waals surface area (Å²) in [6, 6.07) is 38.8. The molecule has 0 saturated carbocycles. The van der Waals surface area contributed by atoms with Crippen LogP contribution in [0.2, 0.25) is 0 Å². The second-order valence-corrected chi connectivity index (χ2v) is 18.8. The monoisotopic (exact) mass is 841 g/mol. The number of hydrogen-bond acceptors (Lipinski definition) is 8. The van der Waals surface area contributed by atoms with E-state index >= 15 is 0 Å². The zero-order valence-corrected chi connectivity index (χ0v) is 36.4. The van der Waals surface area contributed by atoms with Crippen molar-refractivity contribution in [3.05, 3.63) is 160 Å². The molecule has 2 aliphatic rings. The molecular formula is C48H51N5O3S3. The van der Waals surface area contributed by atoms with E-state index in [-0.39, 0.29) is 36.6 Å². The first kappa shape index (κ1) is 42.2. The molecule has 11 heteroatoms. The van der Waals surface area contributed by atoms with Crippen LogP contribution >= 0.6 is 34.9 Å². The van der Waals surface area contributed by atoms with Gasteiger partial charge in [0.05, 0.1) is 28.6 Å². The highest BCUT2D eigenvalue weighted by Crippen LogP contribution is 2.48. The van der Waals surface area contributed by atoms with Gasteiger partial charge in [-0.15, -0.1) is 34.9 Å². The number of thiazole rings is 1. The minimum absolute atomic E-state index is 0.0278. The Morgan fingerprint density at radius 3 is 2.05 bits per heavy atom. The third kappa shape index (κ3) is 9.59. The lowest BCUT2D eigenvalue weighted by atomic mass is 9.84. The summed E-state index contributed by atoms with van der Waals surface area (Å²) >= 11 is 4.87. The topological polar surface area (TPSA) is 113 Å². The summed E-state index contributed by atoms with van der Waals surface area (Å²) in [5.41, 5.74) is 5.45. The van der Waals surface area contributed by atoms with Gasteiger partial charge in [-0.25, -0.2) is 4.98 Å². The van der Waals surface area contributed by atoms with Gasteiger partial charge in [-0.1, -0.05) is 148 Å².